The summed E-state index contributed by atoms with van der Waals surface area (Å²) in [4.78, 5) is 10.5. The highest BCUT2D eigenvalue weighted by molar-refractivity contribution is 7.97. The van der Waals surface area contributed by atoms with Gasteiger partial charge >= 0.3 is 0 Å². The second kappa shape index (κ2) is 6.93. The van der Waals surface area contributed by atoms with E-state index in [1.165, 1.54) is 5.56 Å². The summed E-state index contributed by atoms with van der Waals surface area (Å²) >= 11 is 1.72. The summed E-state index contributed by atoms with van der Waals surface area (Å²) in [5.74, 6) is 6.86. The molecule has 0 aromatic heterocycles. The van der Waals surface area contributed by atoms with Crippen LogP contribution in [0.4, 0.5) is 11.4 Å². The van der Waals surface area contributed by atoms with Gasteiger partial charge in [0.05, 0.1) is 4.92 Å². The van der Waals surface area contributed by atoms with Gasteiger partial charge in [-0.05, 0) is 17.2 Å². The fourth-order valence-electron chi connectivity index (χ4n) is 1.80. The van der Waals surface area contributed by atoms with E-state index in [-0.39, 0.29) is 5.69 Å². The van der Waals surface area contributed by atoms with Crippen molar-refractivity contribution < 1.29 is 4.92 Å². The molecule has 3 N–H and O–H groups in total. The largest absolute Gasteiger partial charge is 0.318 e. The summed E-state index contributed by atoms with van der Waals surface area (Å²) < 4.78 is 0. The molecule has 0 bridgehead atoms. The molecule has 0 saturated heterocycles. The number of rotatable bonds is 6. The minimum atomic E-state index is -0.430. The van der Waals surface area contributed by atoms with Crippen molar-refractivity contribution in [2.45, 2.75) is 11.5 Å². The van der Waals surface area contributed by atoms with Gasteiger partial charge in [-0.1, -0.05) is 36.4 Å². The van der Waals surface area contributed by atoms with Crippen LogP contribution in [0.25, 0.3) is 0 Å². The van der Waals surface area contributed by atoms with Crippen molar-refractivity contribution in [3.63, 3.8) is 0 Å². The summed E-state index contributed by atoms with van der Waals surface area (Å²) in [6, 6.07) is 15.2. The van der Waals surface area contributed by atoms with Crippen molar-refractivity contribution in [2.24, 2.45) is 5.84 Å². The van der Waals surface area contributed by atoms with Gasteiger partial charge in [0.25, 0.3) is 5.69 Å². The molecule has 5 nitrogen and oxygen atoms in total. The van der Waals surface area contributed by atoms with Crippen LogP contribution in [-0.4, -0.2) is 4.92 Å². The van der Waals surface area contributed by atoms with Gasteiger partial charge in [-0.25, -0.2) is 0 Å². The highest BCUT2D eigenvalue weighted by Gasteiger charge is 2.13. The molecule has 0 fully saturated rings. The molecule has 0 aliphatic carbocycles. The minimum Gasteiger partial charge on any atom is -0.318 e. The van der Waals surface area contributed by atoms with E-state index in [4.69, 9.17) is 5.84 Å². The molecule has 0 aliphatic rings. The van der Waals surface area contributed by atoms with E-state index in [1.54, 1.807) is 23.9 Å². The van der Waals surface area contributed by atoms with Crippen LogP contribution in [0.5, 0.6) is 0 Å². The summed E-state index contributed by atoms with van der Waals surface area (Å²) in [6.07, 6.45) is 0. The van der Waals surface area contributed by atoms with Crippen molar-refractivity contribution in [1.29, 1.82) is 0 Å². The average Bonchev–Trinajstić information content (AvgIpc) is 2.48. The third kappa shape index (κ3) is 3.72. The van der Waals surface area contributed by atoms with Crippen LogP contribution < -0.4 is 11.3 Å². The number of anilines is 1. The lowest BCUT2D eigenvalue weighted by Gasteiger charge is -2.05. The maximum atomic E-state index is 10.9. The Hall–Kier alpha value is -2.05. The molecule has 0 aliphatic heterocycles. The summed E-state index contributed by atoms with van der Waals surface area (Å²) in [5.41, 5.74) is 4.82. The van der Waals surface area contributed by atoms with Crippen LogP contribution >= 0.6 is 11.8 Å². The van der Waals surface area contributed by atoms with Crippen molar-refractivity contribution in [3.05, 3.63) is 69.8 Å². The summed E-state index contributed by atoms with van der Waals surface area (Å²) in [5, 5.41) is 10.9. The molecular formula is C14H15N3O2S. The number of thioether (sulfide) groups is 1. The molecular weight excluding hydrogens is 274 g/mol. The molecule has 0 spiro atoms. The highest BCUT2D eigenvalue weighted by Crippen LogP contribution is 2.27. The quantitative estimate of drug-likeness (QED) is 0.484. The van der Waals surface area contributed by atoms with E-state index in [9.17, 15) is 10.1 Å². The number of benzene rings is 2. The van der Waals surface area contributed by atoms with Crippen molar-refractivity contribution >= 4 is 23.1 Å². The van der Waals surface area contributed by atoms with E-state index in [0.29, 0.717) is 5.69 Å². The zero-order valence-electron chi connectivity index (χ0n) is 10.8. The highest BCUT2D eigenvalue weighted by atomic mass is 32.2. The first kappa shape index (κ1) is 14.4. The second-order valence-corrected chi connectivity index (χ2v) is 5.22. The van der Waals surface area contributed by atoms with Crippen LogP contribution in [0.15, 0.2) is 48.5 Å². The standard InChI is InChI=1S/C14H15N3O2S/c15-16-13-7-6-12(8-14(13)17(18)19)10-20-9-11-4-2-1-3-5-11/h1-8,16H,9-10,15H2. The first-order valence-corrected chi connectivity index (χ1v) is 7.22. The molecule has 2 rings (SSSR count). The lowest BCUT2D eigenvalue weighted by atomic mass is 10.2. The van der Waals surface area contributed by atoms with Gasteiger partial charge in [-0.3, -0.25) is 16.0 Å². The van der Waals surface area contributed by atoms with Crippen molar-refractivity contribution in [2.75, 3.05) is 5.43 Å². The molecule has 20 heavy (non-hydrogen) atoms. The molecule has 0 amide bonds. The van der Waals surface area contributed by atoms with Gasteiger partial charge in [0, 0.05) is 17.6 Å². The van der Waals surface area contributed by atoms with Gasteiger partial charge in [0.2, 0.25) is 0 Å². The molecule has 0 saturated carbocycles. The van der Waals surface area contributed by atoms with Gasteiger partial charge in [0.1, 0.15) is 5.69 Å². The van der Waals surface area contributed by atoms with Crippen molar-refractivity contribution in [1.82, 2.24) is 0 Å². The van der Waals surface area contributed by atoms with E-state index in [2.05, 4.69) is 17.6 Å². The Bertz CT molecular complexity index is 590. The number of nitrogen functional groups attached to an aromatic ring is 1. The lowest BCUT2D eigenvalue weighted by Crippen LogP contribution is -2.09. The Labute approximate surface area is 121 Å². The fraction of sp³-hybridized carbons (Fsp3) is 0.143. The predicted molar refractivity (Wildman–Crippen MR) is 82.3 cm³/mol. The molecule has 2 aromatic carbocycles. The van der Waals surface area contributed by atoms with E-state index >= 15 is 0 Å². The Balaban J connectivity index is 1.99. The third-order valence-electron chi connectivity index (χ3n) is 2.79. The van der Waals surface area contributed by atoms with Crippen molar-refractivity contribution in [3.8, 4) is 0 Å². The Kier molecular flexibility index (Phi) is 4.97. The average molecular weight is 289 g/mol. The first-order chi connectivity index (χ1) is 9.70. The van der Waals surface area contributed by atoms with Gasteiger partial charge in [-0.15, -0.1) is 0 Å². The normalized spacial score (nSPS) is 10.2. The van der Waals surface area contributed by atoms with E-state index < -0.39 is 4.92 Å². The monoisotopic (exact) mass is 289 g/mol. The second-order valence-electron chi connectivity index (χ2n) is 4.23. The summed E-state index contributed by atoms with van der Waals surface area (Å²) in [6.45, 7) is 0. The lowest BCUT2D eigenvalue weighted by molar-refractivity contribution is -0.384. The third-order valence-corrected chi connectivity index (χ3v) is 3.87. The molecule has 0 radical (unpaired) electrons. The van der Waals surface area contributed by atoms with Gasteiger partial charge < -0.3 is 5.43 Å². The number of nitrogens with zero attached hydrogens (tertiary/aromatic N) is 1. The topological polar surface area (TPSA) is 81.2 Å². The fourth-order valence-corrected chi connectivity index (χ4v) is 2.75. The van der Waals surface area contributed by atoms with Crippen LogP contribution in [0.3, 0.4) is 0 Å². The maximum absolute atomic E-state index is 10.9. The number of hydrogen-bond donors (Lipinski definition) is 2. The van der Waals surface area contributed by atoms with Crippen LogP contribution in [0.2, 0.25) is 0 Å². The smallest absolute Gasteiger partial charge is 0.293 e. The number of nitrogens with one attached hydrogen (secondary N) is 1. The number of nitrogens with two attached hydrogens (primary N) is 1. The predicted octanol–water partition coefficient (Wildman–Crippen LogP) is 3.31. The SMILES string of the molecule is NNc1ccc(CSCc2ccccc2)cc1[N+](=O)[O-]. The molecule has 6 heteroatoms. The number of nitro groups is 1. The molecule has 2 aromatic rings. The summed E-state index contributed by atoms with van der Waals surface area (Å²) in [7, 11) is 0. The zero-order chi connectivity index (χ0) is 14.4. The van der Waals surface area contributed by atoms with E-state index in [0.717, 1.165) is 17.1 Å². The molecule has 0 unspecified atom stereocenters. The first-order valence-electron chi connectivity index (χ1n) is 6.06. The Morgan fingerprint density at radius 1 is 1.10 bits per heavy atom. The van der Waals surface area contributed by atoms with Crippen LogP contribution in [-0.2, 0) is 11.5 Å². The zero-order valence-corrected chi connectivity index (χ0v) is 11.6. The minimum absolute atomic E-state index is 0.00492. The van der Waals surface area contributed by atoms with Gasteiger partial charge in [0.15, 0.2) is 0 Å². The van der Waals surface area contributed by atoms with E-state index in [1.807, 2.05) is 24.3 Å². The molecule has 0 heterocycles. The van der Waals surface area contributed by atoms with Crippen LogP contribution in [0.1, 0.15) is 11.1 Å². The number of hydrazine groups is 1. The number of nitro benzene ring substituents is 1. The molecule has 104 valence electrons. The Morgan fingerprint density at radius 2 is 1.80 bits per heavy atom. The number of hydrogen-bond acceptors (Lipinski definition) is 5. The van der Waals surface area contributed by atoms with Crippen LogP contribution in [0, 0.1) is 10.1 Å². The van der Waals surface area contributed by atoms with Gasteiger partial charge in [-0.2, -0.15) is 11.8 Å². The maximum Gasteiger partial charge on any atom is 0.293 e. The Morgan fingerprint density at radius 3 is 2.45 bits per heavy atom. The molecule has 0 atom stereocenters.